The molecule has 2 aromatic carbocycles. The fourth-order valence-electron chi connectivity index (χ4n) is 4.64. The molecule has 0 bridgehead atoms. The highest BCUT2D eigenvalue weighted by molar-refractivity contribution is 6.02. The van der Waals surface area contributed by atoms with Crippen molar-refractivity contribution in [3.63, 3.8) is 0 Å². The number of nitrogens with zero attached hydrogens (tertiary/aromatic N) is 3. The van der Waals surface area contributed by atoms with Gasteiger partial charge in [0.15, 0.2) is 6.61 Å². The van der Waals surface area contributed by atoms with Crippen LogP contribution < -0.4 is 14.8 Å². The lowest BCUT2D eigenvalue weighted by atomic mass is 10.00. The maximum Gasteiger partial charge on any atom is 0.573 e. The normalized spacial score (nSPS) is 15.5. The molecule has 2 amide bonds. The minimum Gasteiger partial charge on any atom is -0.483 e. The fraction of sp³-hybridized carbons (Fsp3) is 0.310. The van der Waals surface area contributed by atoms with Gasteiger partial charge in [0.25, 0.3) is 11.8 Å². The number of aromatic nitrogens is 1. The third kappa shape index (κ3) is 7.57. The van der Waals surface area contributed by atoms with E-state index in [2.05, 4.69) is 15.0 Å². The minimum atomic E-state index is -4.86. The number of piperazine rings is 1. The van der Waals surface area contributed by atoms with Gasteiger partial charge in [-0.2, -0.15) is 13.2 Å². The summed E-state index contributed by atoms with van der Waals surface area (Å²) in [6.45, 7) is 0.863. The Balaban J connectivity index is 1.45. The topological polar surface area (TPSA) is 101 Å². The molecule has 2 heterocycles. The maximum atomic E-state index is 13.6. The van der Waals surface area contributed by atoms with Crippen LogP contribution >= 0.6 is 0 Å². The van der Waals surface area contributed by atoms with E-state index in [1.807, 2.05) is 0 Å². The summed E-state index contributed by atoms with van der Waals surface area (Å²) in [5.41, 5.74) is 0.255. The summed E-state index contributed by atoms with van der Waals surface area (Å²) in [6.07, 6.45) is -7.02. The van der Waals surface area contributed by atoms with E-state index in [9.17, 15) is 40.7 Å². The predicted molar refractivity (Wildman–Crippen MR) is 145 cm³/mol. The zero-order valence-electron chi connectivity index (χ0n) is 23.3. The van der Waals surface area contributed by atoms with Crippen LogP contribution in [0.25, 0.3) is 11.1 Å². The van der Waals surface area contributed by atoms with Gasteiger partial charge < -0.3 is 29.4 Å². The number of carbonyl (C=O) groups excluding carboxylic acids is 3. The smallest absolute Gasteiger partial charge is 0.483 e. The first-order chi connectivity index (χ1) is 20.7. The molecule has 1 atom stereocenters. The Morgan fingerprint density at radius 1 is 1.02 bits per heavy atom. The molecule has 15 heteroatoms. The second-order valence-corrected chi connectivity index (χ2v) is 9.78. The largest absolute Gasteiger partial charge is 0.573 e. The Hall–Kier alpha value is -4.82. The lowest BCUT2D eigenvalue weighted by molar-refractivity contribution is -0.274. The number of rotatable bonds is 8. The summed E-state index contributed by atoms with van der Waals surface area (Å²) >= 11 is 0. The standard InChI is InChI=1S/C29H26F6N4O5/c1-17-9-22(44-29(33,34)35)4-6-25(17)43-16-26(41)38-7-8-39(21(14-38)15-40)27(42)23-11-18(3-5-24(23)36-2)19-10-20(13-37-12-19)28(30,31)32/h3-6,9-13,15,21,36H,7-8,14,16H2,1-2H3. The number of hydrogen-bond acceptors (Lipinski definition) is 7. The molecule has 1 aromatic heterocycles. The van der Waals surface area contributed by atoms with Gasteiger partial charge in [-0.1, -0.05) is 6.07 Å². The Morgan fingerprint density at radius 3 is 2.41 bits per heavy atom. The summed E-state index contributed by atoms with van der Waals surface area (Å²) in [5.74, 6) is -1.38. The van der Waals surface area contributed by atoms with E-state index in [0.717, 1.165) is 18.2 Å². The average Bonchev–Trinajstić information content (AvgIpc) is 2.98. The van der Waals surface area contributed by atoms with Crippen LogP contribution in [0.5, 0.6) is 11.5 Å². The number of anilines is 1. The maximum absolute atomic E-state index is 13.6. The zero-order chi connectivity index (χ0) is 32.2. The van der Waals surface area contributed by atoms with Crippen molar-refractivity contribution in [1.82, 2.24) is 14.8 Å². The Bertz CT molecular complexity index is 1550. The molecule has 1 unspecified atom stereocenters. The third-order valence-corrected chi connectivity index (χ3v) is 6.84. The molecule has 1 N–H and O–H groups in total. The first-order valence-corrected chi connectivity index (χ1v) is 13.1. The number of nitrogens with one attached hydrogen (secondary N) is 1. The second kappa shape index (κ2) is 12.8. The lowest BCUT2D eigenvalue weighted by Crippen LogP contribution is -2.58. The summed E-state index contributed by atoms with van der Waals surface area (Å²) in [4.78, 5) is 44.8. The van der Waals surface area contributed by atoms with Crippen molar-refractivity contribution < 1.29 is 50.2 Å². The third-order valence-electron chi connectivity index (χ3n) is 6.84. The molecular formula is C29H26F6N4O5. The number of hydrogen-bond donors (Lipinski definition) is 1. The zero-order valence-corrected chi connectivity index (χ0v) is 23.3. The van der Waals surface area contributed by atoms with Crippen LogP contribution in [0.15, 0.2) is 54.9 Å². The first kappa shape index (κ1) is 32.1. The Kier molecular flexibility index (Phi) is 9.35. The molecule has 3 aromatic rings. The van der Waals surface area contributed by atoms with Crippen molar-refractivity contribution in [2.45, 2.75) is 25.5 Å². The molecular weight excluding hydrogens is 598 g/mol. The van der Waals surface area contributed by atoms with Gasteiger partial charge >= 0.3 is 12.5 Å². The molecule has 1 aliphatic heterocycles. The van der Waals surface area contributed by atoms with Crippen LogP contribution in [0.4, 0.5) is 32.0 Å². The highest BCUT2D eigenvalue weighted by Gasteiger charge is 2.35. The average molecular weight is 625 g/mol. The highest BCUT2D eigenvalue weighted by atomic mass is 19.4. The van der Waals surface area contributed by atoms with Gasteiger partial charge in [0.1, 0.15) is 23.8 Å². The van der Waals surface area contributed by atoms with Crippen molar-refractivity contribution in [1.29, 1.82) is 0 Å². The van der Waals surface area contributed by atoms with Gasteiger partial charge in [0, 0.05) is 50.3 Å². The monoisotopic (exact) mass is 624 g/mol. The van der Waals surface area contributed by atoms with Gasteiger partial charge in [-0.25, -0.2) is 0 Å². The Morgan fingerprint density at radius 2 is 1.77 bits per heavy atom. The number of carbonyl (C=O) groups is 3. The summed E-state index contributed by atoms with van der Waals surface area (Å²) in [7, 11) is 1.56. The van der Waals surface area contributed by atoms with Gasteiger partial charge in [-0.3, -0.25) is 14.6 Å². The summed E-state index contributed by atoms with van der Waals surface area (Å²) < 4.78 is 86.4. The molecule has 1 aliphatic rings. The van der Waals surface area contributed by atoms with Crippen molar-refractivity contribution in [3.8, 4) is 22.6 Å². The molecule has 0 spiro atoms. The van der Waals surface area contributed by atoms with Crippen molar-refractivity contribution in [3.05, 3.63) is 71.5 Å². The molecule has 0 radical (unpaired) electrons. The highest BCUT2D eigenvalue weighted by Crippen LogP contribution is 2.33. The number of benzene rings is 2. The SMILES string of the molecule is CNc1ccc(-c2cncc(C(F)(F)F)c2)cc1C(=O)N1CCN(C(=O)COc2ccc(OC(F)(F)F)cc2C)CC1C=O. The van der Waals surface area contributed by atoms with Crippen LogP contribution in [0.3, 0.4) is 0 Å². The van der Waals surface area contributed by atoms with Crippen LogP contribution in [0.2, 0.25) is 0 Å². The number of alkyl halides is 6. The van der Waals surface area contributed by atoms with Crippen molar-refractivity contribution in [2.24, 2.45) is 0 Å². The lowest BCUT2D eigenvalue weighted by Gasteiger charge is -2.39. The minimum absolute atomic E-state index is 0.0328. The van der Waals surface area contributed by atoms with Crippen LogP contribution in [-0.2, 0) is 15.8 Å². The molecule has 1 fully saturated rings. The van der Waals surface area contributed by atoms with Crippen LogP contribution in [0, 0.1) is 6.92 Å². The molecule has 44 heavy (non-hydrogen) atoms. The van der Waals surface area contributed by atoms with Crippen molar-refractivity contribution >= 4 is 23.8 Å². The van der Waals surface area contributed by atoms with E-state index >= 15 is 0 Å². The quantitative estimate of drug-likeness (QED) is 0.280. The second-order valence-electron chi connectivity index (χ2n) is 9.78. The number of aldehydes is 1. The molecule has 0 aliphatic carbocycles. The van der Waals surface area contributed by atoms with Crippen LogP contribution in [-0.4, -0.2) is 78.6 Å². The van der Waals surface area contributed by atoms with E-state index in [1.54, 1.807) is 7.05 Å². The van der Waals surface area contributed by atoms with E-state index in [-0.39, 0.29) is 36.5 Å². The van der Waals surface area contributed by atoms with Crippen LogP contribution in [0.1, 0.15) is 21.5 Å². The Labute approximate surface area is 247 Å². The van der Waals surface area contributed by atoms with E-state index in [0.29, 0.717) is 29.3 Å². The van der Waals surface area contributed by atoms with Gasteiger partial charge in [0.05, 0.1) is 11.1 Å². The molecule has 9 nitrogen and oxygen atoms in total. The van der Waals surface area contributed by atoms with Gasteiger partial charge in [0.2, 0.25) is 0 Å². The summed E-state index contributed by atoms with van der Waals surface area (Å²) in [5, 5.41) is 2.87. The number of aryl methyl sites for hydroxylation is 1. The number of pyridine rings is 1. The number of ether oxygens (including phenoxy) is 2. The van der Waals surface area contributed by atoms with E-state index < -0.39 is 48.3 Å². The van der Waals surface area contributed by atoms with Crippen molar-refractivity contribution in [2.75, 3.05) is 38.6 Å². The van der Waals surface area contributed by atoms with E-state index in [1.165, 1.54) is 47.2 Å². The number of amides is 2. The fourth-order valence-corrected chi connectivity index (χ4v) is 4.64. The van der Waals surface area contributed by atoms with Gasteiger partial charge in [-0.05, 0) is 54.4 Å². The number of halogens is 6. The predicted octanol–water partition coefficient (Wildman–Crippen LogP) is 4.95. The van der Waals surface area contributed by atoms with Gasteiger partial charge in [-0.15, -0.1) is 13.2 Å². The first-order valence-electron chi connectivity index (χ1n) is 13.1. The molecule has 234 valence electrons. The molecule has 0 saturated carbocycles. The molecule has 4 rings (SSSR count). The van der Waals surface area contributed by atoms with E-state index in [4.69, 9.17) is 4.74 Å². The molecule has 1 saturated heterocycles. The summed E-state index contributed by atoms with van der Waals surface area (Å²) in [6, 6.07) is 7.74.